The molecule has 0 unspecified atom stereocenters. The number of benzene rings is 8. The molecule has 8 aromatic carbocycles. The summed E-state index contributed by atoms with van der Waals surface area (Å²) in [5, 5.41) is 32.0. The molecule has 1 aliphatic carbocycles. The standard InChI is InChI=1S/C29H31N5O3.C28H25N7O3.C27H34N6O2.C25H29N5O2.CH4/c1-33-20-21(18-31-33)28-19-30-26-9-8-22(16-27(26)32-28)34(13-7-12-29(35)10-5-4-6-11-29)23-14-24(36-2)17-25(15-23)37-3;1-34-18-19(16-31-34)26-17-30-24-8-7-20(14-25(24)32-26)35(21-12-22(36-2)15-23(13-21)37-3)11-5-6-27-29-10-9-28(33-27)38-4;1-17(2)28-10-11-33(21-12-22(34-6)15-23(13-21)35-7)20-8-9-24-25(14-20)30-26(16-29-24)27-18(3)31-32(5)19(27)4;1-7-10-30(19-11-20(31-5)14-21(12-19)32-6)18-8-9-22-23(13-18)27-24(15-26-22)25-16(2)28-29(4)17(25)3;/h8-9,14-20,35H,4-6,10-11,13H2,1-3H3;7-10,12-18H,11H2,1-4H3;8-9,12-17,28H,10-11H2,1-7H3;8-9,11-15H,7,10H2,1-6H3;1H4. The molecule has 143 heavy (non-hydrogen) atoms. The summed E-state index contributed by atoms with van der Waals surface area (Å²) in [7, 11) is 22.4. The third kappa shape index (κ3) is 24.8. The molecule has 0 saturated heterocycles. The molecule has 17 aromatic rings. The molecule has 1 saturated carbocycles. The molecule has 0 spiro atoms. The van der Waals surface area contributed by atoms with E-state index in [0.29, 0.717) is 53.8 Å². The van der Waals surface area contributed by atoms with Gasteiger partial charge in [-0.05, 0) is 139 Å². The number of ether oxygens (including phenoxy) is 9. The maximum Gasteiger partial charge on any atom is 0.217 e. The molecule has 1 aliphatic rings. The highest BCUT2D eigenvalue weighted by atomic mass is 16.5. The van der Waals surface area contributed by atoms with E-state index in [4.69, 9.17) is 67.6 Å². The summed E-state index contributed by atoms with van der Waals surface area (Å²) in [5.74, 6) is 19.1. The summed E-state index contributed by atoms with van der Waals surface area (Å²) in [4.78, 5) is 55.3. The van der Waals surface area contributed by atoms with E-state index in [0.717, 1.165) is 239 Å². The lowest BCUT2D eigenvalue weighted by molar-refractivity contribution is 0.0609. The zero-order valence-corrected chi connectivity index (χ0v) is 83.9. The fraction of sp³-hybridized carbons (Fsp3) is 0.309. The SMILES string of the molecule is C.CCCN(c1cc(OC)cc(OC)c1)c1ccc2ncc(-c3c(C)nn(C)c3C)nc2c1.COc1cc(OC)cc(N(CC#CC2(O)CCCCC2)c2ccc3ncc(-c4cnn(C)c4)nc3c2)c1.COc1cc(OC)cc(N(CC#Cc2nccc(OC)n2)c2ccc3ncc(-c4cnn(C)c4)nc3c2)c1.COc1cc(OC)cc(N(CCNC(C)C)c2ccc3ncc(-c4c(C)nn(C)c4C)nc3c2)c1. The molecule has 0 aliphatic heterocycles. The first-order chi connectivity index (χ1) is 68.8. The molecule has 2 N–H and O–H groups in total. The highest BCUT2D eigenvalue weighted by molar-refractivity contribution is 5.88. The maximum absolute atomic E-state index is 10.9. The van der Waals surface area contributed by atoms with Crippen molar-refractivity contribution in [2.24, 2.45) is 28.2 Å². The zero-order chi connectivity index (χ0) is 100. The van der Waals surface area contributed by atoms with Crippen molar-refractivity contribution in [2.75, 3.05) is 116 Å². The average Bonchev–Trinajstić information content (AvgIpc) is 0.917. The Morgan fingerprint density at radius 2 is 0.741 bits per heavy atom. The van der Waals surface area contributed by atoms with Crippen LogP contribution in [0.25, 0.3) is 89.2 Å². The highest BCUT2D eigenvalue weighted by Crippen LogP contribution is 2.42. The summed E-state index contributed by atoms with van der Waals surface area (Å²) in [6, 6.07) is 49.6. The average molecular weight is 1930 g/mol. The summed E-state index contributed by atoms with van der Waals surface area (Å²) in [5.41, 5.74) is 24.1. The smallest absolute Gasteiger partial charge is 0.217 e. The number of aryl methyl sites for hydroxylation is 6. The summed E-state index contributed by atoms with van der Waals surface area (Å²) >= 11 is 0. The minimum atomic E-state index is -0.913. The first-order valence-electron chi connectivity index (χ1n) is 46.7. The van der Waals surface area contributed by atoms with Crippen LogP contribution in [0.3, 0.4) is 0 Å². The van der Waals surface area contributed by atoms with Gasteiger partial charge in [0.2, 0.25) is 11.7 Å². The number of fused-ring (bicyclic) bond motifs is 4. The van der Waals surface area contributed by atoms with Crippen molar-refractivity contribution < 1.29 is 47.7 Å². The molecule has 9 aromatic heterocycles. The summed E-state index contributed by atoms with van der Waals surface area (Å²) in [6.45, 7) is 17.7. The van der Waals surface area contributed by atoms with Gasteiger partial charge in [0.1, 0.15) is 51.6 Å². The Labute approximate surface area is 834 Å². The van der Waals surface area contributed by atoms with Crippen molar-refractivity contribution in [1.29, 1.82) is 0 Å². The summed E-state index contributed by atoms with van der Waals surface area (Å²) < 4.78 is 56.5. The van der Waals surface area contributed by atoms with Crippen LogP contribution in [0.1, 0.15) is 95.3 Å². The van der Waals surface area contributed by atoms with Gasteiger partial charge in [0.05, 0.1) is 193 Å². The minimum Gasteiger partial charge on any atom is -0.497 e. The van der Waals surface area contributed by atoms with Gasteiger partial charge in [0.15, 0.2) is 0 Å². The van der Waals surface area contributed by atoms with Crippen molar-refractivity contribution >= 4 is 89.6 Å². The van der Waals surface area contributed by atoms with Crippen LogP contribution in [0.5, 0.6) is 51.9 Å². The third-order valence-electron chi connectivity index (χ3n) is 24.3. The predicted molar refractivity (Wildman–Crippen MR) is 564 cm³/mol. The number of nitrogens with one attached hydrogen (secondary N) is 1. The van der Waals surface area contributed by atoms with Gasteiger partial charge < -0.3 is 72.7 Å². The van der Waals surface area contributed by atoms with Crippen LogP contribution in [-0.2, 0) is 28.2 Å². The number of hydrogen-bond acceptors (Lipinski definition) is 29. The second kappa shape index (κ2) is 47.0. The van der Waals surface area contributed by atoms with Gasteiger partial charge in [0.25, 0.3) is 0 Å². The lowest BCUT2D eigenvalue weighted by Gasteiger charge is -2.27. The van der Waals surface area contributed by atoms with Crippen LogP contribution in [-0.4, -0.2) is 202 Å². The fourth-order valence-corrected chi connectivity index (χ4v) is 16.8. The Hall–Kier alpha value is -16.5. The van der Waals surface area contributed by atoms with Gasteiger partial charge in [-0.2, -0.15) is 25.4 Å². The largest absolute Gasteiger partial charge is 0.497 e. The number of rotatable bonds is 29. The molecule has 0 amide bonds. The topological polar surface area (TPSA) is 328 Å². The van der Waals surface area contributed by atoms with Crippen LogP contribution < -0.4 is 67.5 Å². The number of anilines is 8. The molecular formula is C110H123N23O10. The second-order valence-electron chi connectivity index (χ2n) is 34.3. The van der Waals surface area contributed by atoms with Crippen LogP contribution in [0.2, 0.25) is 0 Å². The van der Waals surface area contributed by atoms with Crippen molar-refractivity contribution in [2.45, 2.75) is 106 Å². The number of methoxy groups -OCH3 is 9. The first kappa shape index (κ1) is 102. The van der Waals surface area contributed by atoms with Crippen molar-refractivity contribution in [3.05, 3.63) is 236 Å². The molecule has 1 fully saturated rings. The Morgan fingerprint density at radius 1 is 0.392 bits per heavy atom. The molecule has 9 heterocycles. The molecule has 738 valence electrons. The number of hydrogen-bond donors (Lipinski definition) is 2. The molecule has 0 bridgehead atoms. The van der Waals surface area contributed by atoms with Crippen LogP contribution >= 0.6 is 0 Å². The number of nitrogens with zero attached hydrogens (tertiary/aromatic N) is 22. The molecule has 0 atom stereocenters. The monoisotopic (exact) mass is 1930 g/mol. The van der Waals surface area contributed by atoms with E-state index in [9.17, 15) is 5.11 Å². The van der Waals surface area contributed by atoms with Gasteiger partial charge in [-0.25, -0.2) is 24.9 Å². The maximum atomic E-state index is 10.9. The van der Waals surface area contributed by atoms with E-state index in [1.807, 2.05) is 202 Å². The van der Waals surface area contributed by atoms with E-state index in [2.05, 4.69) is 148 Å². The molecule has 33 nitrogen and oxygen atoms in total. The van der Waals surface area contributed by atoms with Crippen LogP contribution in [0.15, 0.2) is 207 Å². The van der Waals surface area contributed by atoms with Crippen LogP contribution in [0.4, 0.5) is 45.5 Å². The normalized spacial score (nSPS) is 11.8. The van der Waals surface area contributed by atoms with Gasteiger partial charge in [-0.15, -0.1) is 0 Å². The third-order valence-corrected chi connectivity index (χ3v) is 24.3. The number of aromatic nitrogens is 18. The lowest BCUT2D eigenvalue weighted by Crippen LogP contribution is -2.32. The quantitative estimate of drug-likeness (QED) is 0.0411. The van der Waals surface area contributed by atoms with E-state index >= 15 is 0 Å². The number of aliphatic hydroxyl groups is 1. The predicted octanol–water partition coefficient (Wildman–Crippen LogP) is 19.6. The van der Waals surface area contributed by atoms with Crippen molar-refractivity contribution in [1.82, 2.24) is 94.3 Å². The van der Waals surface area contributed by atoms with Gasteiger partial charge >= 0.3 is 0 Å². The summed E-state index contributed by atoms with van der Waals surface area (Å²) in [6.07, 6.45) is 21.7. The first-order valence-corrected chi connectivity index (χ1v) is 46.7. The minimum absolute atomic E-state index is 0. The van der Waals surface area contributed by atoms with E-state index < -0.39 is 5.60 Å². The molecule has 0 radical (unpaired) electrons. The Balaban J connectivity index is 0.000000151. The van der Waals surface area contributed by atoms with Gasteiger partial charge in [-0.3, -0.25) is 38.7 Å². The highest BCUT2D eigenvalue weighted by Gasteiger charge is 2.28. The molecule has 33 heteroatoms. The van der Waals surface area contributed by atoms with Gasteiger partial charge in [-0.1, -0.05) is 52.4 Å². The van der Waals surface area contributed by atoms with E-state index in [-0.39, 0.29) is 7.43 Å². The van der Waals surface area contributed by atoms with Crippen molar-refractivity contribution in [3.63, 3.8) is 0 Å². The Kier molecular flexibility index (Phi) is 33.6. The second-order valence-corrected chi connectivity index (χ2v) is 34.3. The van der Waals surface area contributed by atoms with Gasteiger partial charge in [0, 0.05) is 230 Å². The fourth-order valence-electron chi connectivity index (χ4n) is 16.8. The molecular weight excluding hydrogens is 1800 g/mol. The van der Waals surface area contributed by atoms with Crippen LogP contribution in [0, 0.1) is 51.4 Å². The van der Waals surface area contributed by atoms with E-state index in [1.165, 1.54) is 0 Å². The zero-order valence-electron chi connectivity index (χ0n) is 83.9. The Bertz CT molecular complexity index is 7370. The van der Waals surface area contributed by atoms with Crippen molar-refractivity contribution in [3.8, 4) is 121 Å². The lowest BCUT2D eigenvalue weighted by atomic mass is 9.85. The molecule has 18 rings (SSSR count). The van der Waals surface area contributed by atoms with E-state index in [1.54, 1.807) is 110 Å². The Morgan fingerprint density at radius 3 is 1.08 bits per heavy atom.